The van der Waals surface area contributed by atoms with E-state index >= 15 is 0 Å². The van der Waals surface area contributed by atoms with Gasteiger partial charge < -0.3 is 10.0 Å². The van der Waals surface area contributed by atoms with Gasteiger partial charge in [0.05, 0.1) is 5.92 Å². The minimum Gasteiger partial charge on any atom is -0.481 e. The third kappa shape index (κ3) is 2.15. The number of aliphatic carboxylic acids is 1. The molecule has 2 heterocycles. The Hall–Kier alpha value is -1.58. The average molecular weight is 220 g/mol. The first kappa shape index (κ1) is 10.9. The molecule has 0 saturated carbocycles. The van der Waals surface area contributed by atoms with Crippen LogP contribution in [0.5, 0.6) is 0 Å². The molecule has 1 unspecified atom stereocenters. The van der Waals surface area contributed by atoms with E-state index in [9.17, 15) is 4.79 Å². The first-order valence-corrected chi connectivity index (χ1v) is 5.62. The van der Waals surface area contributed by atoms with E-state index in [1.54, 1.807) is 13.1 Å². The molecule has 1 atom stereocenters. The number of pyridine rings is 1. The standard InChI is InChI=1S/C12H16N2O2/c1-9(12(15)16)10-4-5-11(13-8-10)14-6-2-3-7-14/h4-5,8-9H,2-3,6-7H2,1H3,(H,15,16). The predicted octanol–water partition coefficient (Wildman–Crippen LogP) is 1.87. The second kappa shape index (κ2) is 4.51. The van der Waals surface area contributed by atoms with Crippen molar-refractivity contribution in [1.29, 1.82) is 0 Å². The van der Waals surface area contributed by atoms with E-state index in [0.717, 1.165) is 24.5 Å². The molecule has 4 nitrogen and oxygen atoms in total. The Bertz CT molecular complexity index is 369. The van der Waals surface area contributed by atoms with E-state index in [-0.39, 0.29) is 0 Å². The molecule has 0 aromatic carbocycles. The lowest BCUT2D eigenvalue weighted by molar-refractivity contribution is -0.138. The molecule has 16 heavy (non-hydrogen) atoms. The summed E-state index contributed by atoms with van der Waals surface area (Å²) in [6.07, 6.45) is 4.11. The van der Waals surface area contributed by atoms with Crippen molar-refractivity contribution < 1.29 is 9.90 Å². The largest absolute Gasteiger partial charge is 0.481 e. The maximum atomic E-state index is 10.8. The highest BCUT2D eigenvalue weighted by Gasteiger charge is 2.16. The molecule has 0 aliphatic carbocycles. The fraction of sp³-hybridized carbons (Fsp3) is 0.500. The first-order valence-electron chi connectivity index (χ1n) is 5.62. The maximum absolute atomic E-state index is 10.8. The van der Waals surface area contributed by atoms with Crippen LogP contribution in [0.15, 0.2) is 18.3 Å². The van der Waals surface area contributed by atoms with Gasteiger partial charge >= 0.3 is 5.97 Å². The summed E-state index contributed by atoms with van der Waals surface area (Å²) in [4.78, 5) is 17.4. The van der Waals surface area contributed by atoms with Crippen LogP contribution in [0, 0.1) is 0 Å². The van der Waals surface area contributed by atoms with E-state index < -0.39 is 11.9 Å². The number of carboxylic acids is 1. The van der Waals surface area contributed by atoms with Gasteiger partial charge in [0.1, 0.15) is 5.82 Å². The topological polar surface area (TPSA) is 53.4 Å². The lowest BCUT2D eigenvalue weighted by Gasteiger charge is -2.16. The van der Waals surface area contributed by atoms with Crippen molar-refractivity contribution in [3.63, 3.8) is 0 Å². The Kier molecular flexibility index (Phi) is 3.08. The van der Waals surface area contributed by atoms with E-state index in [1.165, 1.54) is 12.8 Å². The summed E-state index contributed by atoms with van der Waals surface area (Å²) in [5.74, 6) is -0.338. The first-order chi connectivity index (χ1) is 7.68. The molecule has 1 aromatic heterocycles. The average Bonchev–Trinajstić information content (AvgIpc) is 2.81. The summed E-state index contributed by atoms with van der Waals surface area (Å²) >= 11 is 0. The Morgan fingerprint density at radius 3 is 2.62 bits per heavy atom. The van der Waals surface area contributed by atoms with E-state index in [1.807, 2.05) is 12.1 Å². The summed E-state index contributed by atoms with van der Waals surface area (Å²) in [5.41, 5.74) is 0.760. The summed E-state index contributed by atoms with van der Waals surface area (Å²) in [6.45, 7) is 3.79. The van der Waals surface area contributed by atoms with Crippen LogP contribution < -0.4 is 4.90 Å². The molecule has 1 aliphatic heterocycles. The van der Waals surface area contributed by atoms with Crippen LogP contribution in [0.3, 0.4) is 0 Å². The molecule has 0 bridgehead atoms. The number of hydrogen-bond acceptors (Lipinski definition) is 3. The van der Waals surface area contributed by atoms with Crippen LogP contribution in [0.2, 0.25) is 0 Å². The Morgan fingerprint density at radius 2 is 2.12 bits per heavy atom. The normalized spacial score (nSPS) is 17.4. The van der Waals surface area contributed by atoms with Crippen molar-refractivity contribution in [3.05, 3.63) is 23.9 Å². The Morgan fingerprint density at radius 1 is 1.44 bits per heavy atom. The molecule has 1 N–H and O–H groups in total. The number of anilines is 1. The van der Waals surface area contributed by atoms with Crippen molar-refractivity contribution in [2.24, 2.45) is 0 Å². The minimum absolute atomic E-state index is 0.486. The van der Waals surface area contributed by atoms with Gasteiger partial charge in [0.2, 0.25) is 0 Å². The zero-order valence-electron chi connectivity index (χ0n) is 9.39. The van der Waals surface area contributed by atoms with Crippen LogP contribution in [0.1, 0.15) is 31.2 Å². The van der Waals surface area contributed by atoms with Crippen molar-refractivity contribution in [3.8, 4) is 0 Å². The highest BCUT2D eigenvalue weighted by Crippen LogP contribution is 2.20. The lowest BCUT2D eigenvalue weighted by Crippen LogP contribution is -2.19. The van der Waals surface area contributed by atoms with Gasteiger partial charge in [0, 0.05) is 19.3 Å². The van der Waals surface area contributed by atoms with Gasteiger partial charge in [-0.15, -0.1) is 0 Å². The summed E-state index contributed by atoms with van der Waals surface area (Å²) in [7, 11) is 0. The number of nitrogens with zero attached hydrogens (tertiary/aromatic N) is 2. The highest BCUT2D eigenvalue weighted by molar-refractivity contribution is 5.75. The van der Waals surface area contributed by atoms with Crippen molar-refractivity contribution >= 4 is 11.8 Å². The van der Waals surface area contributed by atoms with Crippen molar-refractivity contribution in [1.82, 2.24) is 4.98 Å². The SMILES string of the molecule is CC(C(=O)O)c1ccc(N2CCCC2)nc1. The molecule has 4 heteroatoms. The fourth-order valence-electron chi connectivity index (χ4n) is 1.93. The van der Waals surface area contributed by atoms with Crippen molar-refractivity contribution in [2.75, 3.05) is 18.0 Å². The molecule has 86 valence electrons. The number of carbonyl (C=O) groups is 1. The predicted molar refractivity (Wildman–Crippen MR) is 61.7 cm³/mol. The van der Waals surface area contributed by atoms with Gasteiger partial charge in [0.15, 0.2) is 0 Å². The van der Waals surface area contributed by atoms with E-state index in [2.05, 4.69) is 9.88 Å². The van der Waals surface area contributed by atoms with Gasteiger partial charge in [-0.3, -0.25) is 4.79 Å². The van der Waals surface area contributed by atoms with Gasteiger partial charge in [-0.25, -0.2) is 4.98 Å². The van der Waals surface area contributed by atoms with Gasteiger partial charge in [-0.2, -0.15) is 0 Å². The van der Waals surface area contributed by atoms with Crippen LogP contribution in [0.4, 0.5) is 5.82 Å². The Balaban J connectivity index is 2.12. The monoisotopic (exact) mass is 220 g/mol. The summed E-state index contributed by atoms with van der Waals surface area (Å²) in [5, 5.41) is 8.88. The minimum atomic E-state index is -0.810. The molecule has 0 spiro atoms. The van der Waals surface area contributed by atoms with E-state index in [0.29, 0.717) is 0 Å². The molecule has 2 rings (SSSR count). The molecule has 1 fully saturated rings. The van der Waals surface area contributed by atoms with Crippen molar-refractivity contribution in [2.45, 2.75) is 25.7 Å². The smallest absolute Gasteiger partial charge is 0.310 e. The lowest BCUT2D eigenvalue weighted by atomic mass is 10.0. The molecule has 0 amide bonds. The quantitative estimate of drug-likeness (QED) is 0.844. The van der Waals surface area contributed by atoms with Crippen LogP contribution in [0.25, 0.3) is 0 Å². The van der Waals surface area contributed by atoms with Crippen LogP contribution >= 0.6 is 0 Å². The molecule has 1 aliphatic rings. The van der Waals surface area contributed by atoms with Crippen LogP contribution in [-0.4, -0.2) is 29.1 Å². The molecule has 1 saturated heterocycles. The summed E-state index contributed by atoms with van der Waals surface area (Å²) < 4.78 is 0. The number of carboxylic acid groups (broad SMARTS) is 1. The number of rotatable bonds is 3. The number of aromatic nitrogens is 1. The zero-order chi connectivity index (χ0) is 11.5. The molecular formula is C12H16N2O2. The van der Waals surface area contributed by atoms with E-state index in [4.69, 9.17) is 5.11 Å². The zero-order valence-corrected chi connectivity index (χ0v) is 9.39. The van der Waals surface area contributed by atoms with Crippen LogP contribution in [-0.2, 0) is 4.79 Å². The number of hydrogen-bond donors (Lipinski definition) is 1. The van der Waals surface area contributed by atoms with Gasteiger partial charge in [0.25, 0.3) is 0 Å². The second-order valence-electron chi connectivity index (χ2n) is 4.20. The Labute approximate surface area is 94.9 Å². The highest BCUT2D eigenvalue weighted by atomic mass is 16.4. The second-order valence-corrected chi connectivity index (χ2v) is 4.20. The maximum Gasteiger partial charge on any atom is 0.310 e. The third-order valence-corrected chi connectivity index (χ3v) is 3.07. The molecule has 1 aromatic rings. The summed E-state index contributed by atoms with van der Waals surface area (Å²) in [6, 6.07) is 3.78. The molecule has 0 radical (unpaired) electrons. The third-order valence-electron chi connectivity index (χ3n) is 3.07. The molecular weight excluding hydrogens is 204 g/mol. The fourth-order valence-corrected chi connectivity index (χ4v) is 1.93. The van der Waals surface area contributed by atoms with Gasteiger partial charge in [-0.05, 0) is 31.4 Å². The van der Waals surface area contributed by atoms with Gasteiger partial charge in [-0.1, -0.05) is 6.07 Å².